The fourth-order valence-electron chi connectivity index (χ4n) is 4.14. The van der Waals surface area contributed by atoms with Crippen molar-refractivity contribution in [2.24, 2.45) is 0 Å². The average molecular weight is 476 g/mol. The molecule has 1 aliphatic heterocycles. The van der Waals surface area contributed by atoms with Gasteiger partial charge in [0.25, 0.3) is 5.91 Å². The zero-order chi connectivity index (χ0) is 24.1. The van der Waals surface area contributed by atoms with Crippen LogP contribution in [0.5, 0.6) is 11.5 Å². The zero-order valence-electron chi connectivity index (χ0n) is 17.8. The van der Waals surface area contributed by atoms with Crippen LogP contribution in [0.25, 0.3) is 11.0 Å². The lowest BCUT2D eigenvalue weighted by Gasteiger charge is -2.27. The summed E-state index contributed by atoms with van der Waals surface area (Å²) in [5, 5.41) is 32.2. The summed E-state index contributed by atoms with van der Waals surface area (Å²) in [4.78, 5) is 28.0. The molecule has 170 valence electrons. The predicted octanol–water partition coefficient (Wildman–Crippen LogP) is 5.59. The van der Waals surface area contributed by atoms with Crippen LogP contribution < -0.4 is 4.90 Å². The van der Waals surface area contributed by atoms with E-state index in [4.69, 9.17) is 16.0 Å². The van der Waals surface area contributed by atoms with E-state index in [0.717, 1.165) is 10.5 Å². The molecule has 0 radical (unpaired) electrons. The van der Waals surface area contributed by atoms with Crippen LogP contribution in [0.4, 0.5) is 5.69 Å². The Balaban J connectivity index is 1.68. The van der Waals surface area contributed by atoms with E-state index < -0.39 is 23.5 Å². The summed E-state index contributed by atoms with van der Waals surface area (Å²) in [5.41, 5.74) is 1.55. The maximum atomic E-state index is 13.6. The molecular formula is C26H18ClNO6. The van der Waals surface area contributed by atoms with Gasteiger partial charge in [-0.2, -0.15) is 0 Å². The molecule has 1 amide bonds. The number of hydrogen-bond donors (Lipinski definition) is 3. The van der Waals surface area contributed by atoms with Crippen LogP contribution in [0.3, 0.4) is 0 Å². The zero-order valence-corrected chi connectivity index (χ0v) is 18.6. The van der Waals surface area contributed by atoms with E-state index in [9.17, 15) is 24.9 Å². The van der Waals surface area contributed by atoms with Crippen LogP contribution in [0, 0.1) is 6.92 Å². The third kappa shape index (κ3) is 3.47. The fourth-order valence-corrected chi connectivity index (χ4v) is 4.32. The summed E-state index contributed by atoms with van der Waals surface area (Å²) in [6.07, 6.45) is 0. The predicted molar refractivity (Wildman–Crippen MR) is 126 cm³/mol. The lowest BCUT2D eigenvalue weighted by Crippen LogP contribution is -2.31. The number of carbonyl (C=O) groups is 2. The Hall–Kier alpha value is -4.23. The Labute approximate surface area is 198 Å². The van der Waals surface area contributed by atoms with Gasteiger partial charge in [0.1, 0.15) is 17.1 Å². The number of fused-ring (bicyclic) bond motifs is 1. The van der Waals surface area contributed by atoms with E-state index in [1.54, 1.807) is 37.3 Å². The Bertz CT molecular complexity index is 1500. The van der Waals surface area contributed by atoms with Gasteiger partial charge in [0.2, 0.25) is 5.78 Å². The smallest absolute Gasteiger partial charge is 0.294 e. The summed E-state index contributed by atoms with van der Waals surface area (Å²) in [5.74, 6) is -2.56. The third-order valence-corrected chi connectivity index (χ3v) is 5.99. The Kier molecular flexibility index (Phi) is 5.06. The highest BCUT2D eigenvalue weighted by atomic mass is 35.5. The van der Waals surface area contributed by atoms with Crippen molar-refractivity contribution in [1.29, 1.82) is 0 Å². The number of phenols is 2. The molecule has 34 heavy (non-hydrogen) atoms. The van der Waals surface area contributed by atoms with Gasteiger partial charge in [-0.05, 0) is 66.6 Å². The van der Waals surface area contributed by atoms with Gasteiger partial charge in [-0.15, -0.1) is 0 Å². The molecule has 1 unspecified atom stereocenters. The Morgan fingerprint density at radius 1 is 0.971 bits per heavy atom. The lowest BCUT2D eigenvalue weighted by atomic mass is 9.94. The molecule has 0 saturated heterocycles. The number of ketones is 1. The van der Waals surface area contributed by atoms with Crippen LogP contribution in [-0.4, -0.2) is 27.0 Å². The van der Waals surface area contributed by atoms with Crippen molar-refractivity contribution in [2.75, 3.05) is 4.90 Å². The Morgan fingerprint density at radius 2 is 1.71 bits per heavy atom. The molecule has 8 heteroatoms. The number of aromatic hydroxyl groups is 2. The first-order valence-corrected chi connectivity index (χ1v) is 10.7. The Morgan fingerprint density at radius 3 is 2.44 bits per heavy atom. The molecule has 2 heterocycles. The van der Waals surface area contributed by atoms with Crippen molar-refractivity contribution < 1.29 is 29.3 Å². The number of Topliss-reactive ketones (excluding diaryl/α,β-unsaturated/α-hetero) is 1. The van der Waals surface area contributed by atoms with Crippen molar-refractivity contribution >= 4 is 39.9 Å². The number of halogens is 1. The lowest BCUT2D eigenvalue weighted by molar-refractivity contribution is -0.117. The van der Waals surface area contributed by atoms with E-state index in [1.807, 2.05) is 0 Å². The number of rotatable bonds is 4. The second kappa shape index (κ2) is 7.97. The number of nitrogens with zero attached hydrogens (tertiary/aromatic N) is 1. The highest BCUT2D eigenvalue weighted by molar-refractivity contribution is 6.31. The topological polar surface area (TPSA) is 111 Å². The summed E-state index contributed by atoms with van der Waals surface area (Å²) < 4.78 is 5.70. The molecule has 1 atom stereocenters. The minimum Gasteiger partial charge on any atom is -0.508 e. The number of phenolic OH excluding ortho intramolecular Hbond substituents is 2. The van der Waals surface area contributed by atoms with Crippen LogP contribution in [0.15, 0.2) is 82.5 Å². The van der Waals surface area contributed by atoms with Crippen molar-refractivity contribution in [1.82, 2.24) is 0 Å². The molecule has 0 aliphatic carbocycles. The van der Waals surface area contributed by atoms with Crippen LogP contribution in [-0.2, 0) is 4.79 Å². The SMILES string of the molecule is Cc1ccc(O)c(N2C(=O)C(O)=C(C(=O)c3cc4cc(Cl)ccc4o3)C2c2ccc(O)cc2)c1. The van der Waals surface area contributed by atoms with Crippen molar-refractivity contribution in [3.63, 3.8) is 0 Å². The van der Waals surface area contributed by atoms with E-state index in [-0.39, 0.29) is 28.5 Å². The summed E-state index contributed by atoms with van der Waals surface area (Å²) in [6.45, 7) is 1.79. The standard InChI is InChI=1S/C26H18ClNO6/c1-13-2-8-19(30)18(10-13)28-23(14-3-6-17(29)7-4-14)22(25(32)26(28)33)24(31)21-12-15-11-16(27)5-9-20(15)34-21/h2-12,23,29-30,32H,1H3. The number of aliphatic hydroxyl groups excluding tert-OH is 1. The van der Waals surface area contributed by atoms with Gasteiger partial charge in [-0.3, -0.25) is 14.5 Å². The van der Waals surface area contributed by atoms with Gasteiger partial charge >= 0.3 is 0 Å². The molecule has 0 spiro atoms. The van der Waals surface area contributed by atoms with Crippen molar-refractivity contribution in [3.05, 3.63) is 100.0 Å². The highest BCUT2D eigenvalue weighted by Gasteiger charge is 2.46. The molecule has 1 aromatic heterocycles. The summed E-state index contributed by atoms with van der Waals surface area (Å²) >= 11 is 6.04. The number of benzene rings is 3. The third-order valence-electron chi connectivity index (χ3n) is 5.75. The second-order valence-corrected chi connectivity index (χ2v) is 8.48. The largest absolute Gasteiger partial charge is 0.508 e. The molecule has 3 N–H and O–H groups in total. The molecule has 3 aromatic carbocycles. The number of aryl methyl sites for hydroxylation is 1. The number of furan rings is 1. The monoisotopic (exact) mass is 475 g/mol. The normalized spacial score (nSPS) is 16.0. The number of carbonyl (C=O) groups excluding carboxylic acids is 2. The first-order valence-electron chi connectivity index (χ1n) is 10.3. The van der Waals surface area contributed by atoms with Crippen LogP contribution in [0.1, 0.15) is 27.7 Å². The maximum Gasteiger partial charge on any atom is 0.294 e. The number of aliphatic hydroxyl groups is 1. The van der Waals surface area contributed by atoms with Gasteiger partial charge in [-0.1, -0.05) is 29.8 Å². The van der Waals surface area contributed by atoms with E-state index in [1.165, 1.54) is 36.4 Å². The first kappa shape index (κ1) is 21.6. The molecular weight excluding hydrogens is 458 g/mol. The summed E-state index contributed by atoms with van der Waals surface area (Å²) in [6, 6.07) is 15.9. The quantitative estimate of drug-likeness (QED) is 0.332. The number of amides is 1. The minimum atomic E-state index is -1.08. The summed E-state index contributed by atoms with van der Waals surface area (Å²) in [7, 11) is 0. The number of anilines is 1. The van der Waals surface area contributed by atoms with Gasteiger partial charge in [-0.25, -0.2) is 0 Å². The van der Waals surface area contributed by atoms with E-state index in [2.05, 4.69) is 0 Å². The average Bonchev–Trinajstić information content (AvgIpc) is 3.34. The molecule has 0 bridgehead atoms. The minimum absolute atomic E-state index is 0.00623. The molecule has 1 aliphatic rings. The van der Waals surface area contributed by atoms with Gasteiger partial charge < -0.3 is 19.7 Å². The highest BCUT2D eigenvalue weighted by Crippen LogP contribution is 2.45. The van der Waals surface area contributed by atoms with Gasteiger partial charge in [0.15, 0.2) is 11.5 Å². The van der Waals surface area contributed by atoms with Crippen LogP contribution >= 0.6 is 11.6 Å². The van der Waals surface area contributed by atoms with Crippen molar-refractivity contribution in [2.45, 2.75) is 13.0 Å². The van der Waals surface area contributed by atoms with Crippen molar-refractivity contribution in [3.8, 4) is 11.5 Å². The van der Waals surface area contributed by atoms with Crippen LogP contribution in [0.2, 0.25) is 5.02 Å². The fraction of sp³-hybridized carbons (Fsp3) is 0.0769. The first-order chi connectivity index (χ1) is 16.2. The molecule has 5 rings (SSSR count). The second-order valence-electron chi connectivity index (χ2n) is 8.05. The molecule has 0 saturated carbocycles. The maximum absolute atomic E-state index is 13.6. The number of hydrogen-bond acceptors (Lipinski definition) is 6. The van der Waals surface area contributed by atoms with E-state index >= 15 is 0 Å². The molecule has 4 aromatic rings. The molecule has 7 nitrogen and oxygen atoms in total. The van der Waals surface area contributed by atoms with Gasteiger partial charge in [0.05, 0.1) is 17.3 Å². The molecule has 0 fully saturated rings. The van der Waals surface area contributed by atoms with E-state index in [0.29, 0.717) is 21.6 Å². The van der Waals surface area contributed by atoms with Gasteiger partial charge in [0, 0.05) is 10.4 Å².